The Morgan fingerprint density at radius 3 is 3.00 bits per heavy atom. The van der Waals surface area contributed by atoms with E-state index in [1.807, 2.05) is 0 Å². The minimum atomic E-state index is -0.475. The van der Waals surface area contributed by atoms with Gasteiger partial charge < -0.3 is 10.5 Å². The summed E-state index contributed by atoms with van der Waals surface area (Å²) in [5.41, 5.74) is 5.87. The van der Waals surface area contributed by atoms with E-state index < -0.39 is 5.97 Å². The highest BCUT2D eigenvalue weighted by Gasteiger charge is 2.21. The maximum Gasteiger partial charge on any atom is 0.344 e. The first-order valence-electron chi connectivity index (χ1n) is 4.41. The van der Waals surface area contributed by atoms with E-state index in [-0.39, 0.29) is 11.4 Å². The van der Waals surface area contributed by atoms with Gasteiger partial charge in [-0.15, -0.1) is 6.58 Å². The second kappa shape index (κ2) is 4.97. The molecule has 0 spiro atoms. The van der Waals surface area contributed by atoms with Gasteiger partial charge in [0.1, 0.15) is 10.2 Å². The number of nitrogens with zero attached hydrogens (tertiary/aromatic N) is 2. The van der Waals surface area contributed by atoms with Crippen molar-refractivity contribution in [1.82, 2.24) is 9.78 Å². The second-order valence-electron chi connectivity index (χ2n) is 2.74. The minimum absolute atomic E-state index is 0.155. The van der Waals surface area contributed by atoms with Crippen molar-refractivity contribution in [3.8, 4) is 0 Å². The first-order valence-corrected chi connectivity index (χ1v) is 5.20. The predicted octanol–water partition coefficient (Wildman–Crippen LogP) is 1.59. The number of allylic oxidation sites excluding steroid dienone is 1. The number of nitrogen functional groups attached to an aromatic ring is 1. The highest BCUT2D eigenvalue weighted by Crippen LogP contribution is 2.23. The average Bonchev–Trinajstić information content (AvgIpc) is 2.43. The predicted molar refractivity (Wildman–Crippen MR) is 60.5 cm³/mol. The molecule has 0 unspecified atom stereocenters. The van der Waals surface area contributed by atoms with Crippen LogP contribution in [-0.4, -0.2) is 22.4 Å². The lowest BCUT2D eigenvalue weighted by Gasteiger charge is -2.00. The molecule has 1 rings (SSSR count). The van der Waals surface area contributed by atoms with Crippen LogP contribution in [0, 0.1) is 0 Å². The van der Waals surface area contributed by atoms with Crippen LogP contribution in [0.4, 0.5) is 5.82 Å². The summed E-state index contributed by atoms with van der Waals surface area (Å²) in [7, 11) is 0. The number of hydrogen-bond donors (Lipinski definition) is 1. The van der Waals surface area contributed by atoms with Crippen LogP contribution in [0.1, 0.15) is 17.3 Å². The van der Waals surface area contributed by atoms with E-state index in [1.165, 1.54) is 4.68 Å². The number of carbonyl (C=O) groups is 1. The normalized spacial score (nSPS) is 10.0. The van der Waals surface area contributed by atoms with Crippen molar-refractivity contribution in [2.45, 2.75) is 13.5 Å². The fourth-order valence-corrected chi connectivity index (χ4v) is 1.68. The van der Waals surface area contributed by atoms with Crippen LogP contribution in [0.15, 0.2) is 17.3 Å². The summed E-state index contributed by atoms with van der Waals surface area (Å²) >= 11 is 3.25. The number of halogens is 1. The number of ether oxygens (including phenoxy) is 1. The molecule has 0 saturated heterocycles. The van der Waals surface area contributed by atoms with Gasteiger partial charge in [0.25, 0.3) is 0 Å². The Kier molecular flexibility index (Phi) is 3.90. The van der Waals surface area contributed by atoms with E-state index in [1.54, 1.807) is 13.0 Å². The van der Waals surface area contributed by atoms with Gasteiger partial charge in [-0.3, -0.25) is 4.68 Å². The highest BCUT2D eigenvalue weighted by atomic mass is 79.9. The van der Waals surface area contributed by atoms with E-state index in [4.69, 9.17) is 10.5 Å². The lowest BCUT2D eigenvalue weighted by molar-refractivity contribution is 0.0526. The van der Waals surface area contributed by atoms with Gasteiger partial charge in [-0.25, -0.2) is 4.79 Å². The third-order valence-electron chi connectivity index (χ3n) is 1.70. The Balaban J connectivity index is 3.07. The van der Waals surface area contributed by atoms with Gasteiger partial charge >= 0.3 is 5.97 Å². The maximum absolute atomic E-state index is 11.5. The third-order valence-corrected chi connectivity index (χ3v) is 2.50. The summed E-state index contributed by atoms with van der Waals surface area (Å²) in [6.45, 7) is 6.09. The van der Waals surface area contributed by atoms with Crippen LogP contribution in [0.3, 0.4) is 0 Å². The lowest BCUT2D eigenvalue weighted by Crippen LogP contribution is -2.07. The lowest BCUT2D eigenvalue weighted by atomic mass is 10.3. The van der Waals surface area contributed by atoms with Gasteiger partial charge in [0.2, 0.25) is 0 Å². The molecule has 0 aromatic carbocycles. The van der Waals surface area contributed by atoms with E-state index in [9.17, 15) is 4.79 Å². The molecular formula is C9H12BrN3O2. The van der Waals surface area contributed by atoms with E-state index in [0.717, 1.165) is 0 Å². The Labute approximate surface area is 96.0 Å². The number of rotatable bonds is 4. The van der Waals surface area contributed by atoms with Crippen LogP contribution in [-0.2, 0) is 11.3 Å². The fraction of sp³-hybridized carbons (Fsp3) is 0.333. The molecule has 0 amide bonds. The van der Waals surface area contributed by atoms with E-state index >= 15 is 0 Å². The Hall–Kier alpha value is -1.30. The maximum atomic E-state index is 11.5. The summed E-state index contributed by atoms with van der Waals surface area (Å²) in [6.07, 6.45) is 1.66. The molecule has 6 heteroatoms. The molecule has 0 fully saturated rings. The van der Waals surface area contributed by atoms with Crippen molar-refractivity contribution in [2.24, 2.45) is 0 Å². The molecule has 82 valence electrons. The van der Waals surface area contributed by atoms with Crippen LogP contribution in [0.2, 0.25) is 0 Å². The van der Waals surface area contributed by atoms with Gasteiger partial charge in [0, 0.05) is 0 Å². The first kappa shape index (κ1) is 11.8. The van der Waals surface area contributed by atoms with Crippen LogP contribution >= 0.6 is 15.9 Å². The Morgan fingerprint density at radius 1 is 1.80 bits per heavy atom. The van der Waals surface area contributed by atoms with E-state index in [0.29, 0.717) is 17.8 Å². The molecular weight excluding hydrogens is 262 g/mol. The zero-order valence-corrected chi connectivity index (χ0v) is 9.95. The van der Waals surface area contributed by atoms with Gasteiger partial charge in [-0.1, -0.05) is 6.08 Å². The molecule has 0 atom stereocenters. The molecule has 0 bridgehead atoms. The number of aromatic nitrogens is 2. The van der Waals surface area contributed by atoms with Crippen molar-refractivity contribution in [1.29, 1.82) is 0 Å². The summed E-state index contributed by atoms with van der Waals surface area (Å²) in [5.74, 6) is -0.320. The van der Waals surface area contributed by atoms with Crippen LogP contribution in [0.25, 0.3) is 0 Å². The van der Waals surface area contributed by atoms with Crippen LogP contribution < -0.4 is 5.73 Å². The summed E-state index contributed by atoms with van der Waals surface area (Å²) < 4.78 is 6.90. The zero-order valence-electron chi connectivity index (χ0n) is 8.36. The molecule has 0 aliphatic heterocycles. The number of nitrogens with two attached hydrogens (primary N) is 1. The first-order chi connectivity index (χ1) is 7.11. The third kappa shape index (κ3) is 2.38. The van der Waals surface area contributed by atoms with Gasteiger partial charge in [-0.2, -0.15) is 5.10 Å². The monoisotopic (exact) mass is 273 g/mol. The number of anilines is 1. The zero-order chi connectivity index (χ0) is 11.4. The fourth-order valence-electron chi connectivity index (χ4n) is 1.09. The molecule has 0 radical (unpaired) electrons. The smallest absolute Gasteiger partial charge is 0.344 e. The van der Waals surface area contributed by atoms with Gasteiger partial charge in [-0.05, 0) is 22.9 Å². The minimum Gasteiger partial charge on any atom is -0.462 e. The van der Waals surface area contributed by atoms with Gasteiger partial charge in [0.15, 0.2) is 5.82 Å². The number of hydrogen-bond acceptors (Lipinski definition) is 4. The molecule has 0 aliphatic carbocycles. The summed E-state index contributed by atoms with van der Waals surface area (Å²) in [4.78, 5) is 11.5. The van der Waals surface area contributed by atoms with Crippen molar-refractivity contribution in [3.63, 3.8) is 0 Å². The Morgan fingerprint density at radius 2 is 2.47 bits per heavy atom. The van der Waals surface area contributed by atoms with E-state index in [2.05, 4.69) is 27.6 Å². The number of esters is 1. The van der Waals surface area contributed by atoms with Crippen molar-refractivity contribution in [2.75, 3.05) is 12.3 Å². The van der Waals surface area contributed by atoms with Crippen molar-refractivity contribution in [3.05, 3.63) is 22.8 Å². The second-order valence-corrected chi connectivity index (χ2v) is 3.49. The molecule has 1 aromatic rings. The molecule has 5 nitrogen and oxygen atoms in total. The molecule has 15 heavy (non-hydrogen) atoms. The SMILES string of the molecule is C=CCn1nc(N)c(C(=O)OCC)c1Br. The molecule has 0 saturated carbocycles. The quantitative estimate of drug-likeness (QED) is 0.668. The number of carbonyl (C=O) groups excluding carboxylic acids is 1. The van der Waals surface area contributed by atoms with Crippen LogP contribution in [0.5, 0.6) is 0 Å². The standard InChI is InChI=1S/C9H12BrN3O2/c1-3-5-13-7(10)6(8(11)12-13)9(14)15-4-2/h3H,1,4-5H2,2H3,(H2,11,12). The highest BCUT2D eigenvalue weighted by molar-refractivity contribution is 9.10. The summed E-state index contributed by atoms with van der Waals surface area (Å²) in [6, 6.07) is 0. The average molecular weight is 274 g/mol. The Bertz CT molecular complexity index is 387. The van der Waals surface area contributed by atoms with Gasteiger partial charge in [0.05, 0.1) is 13.2 Å². The molecule has 0 aliphatic rings. The topological polar surface area (TPSA) is 70.1 Å². The van der Waals surface area contributed by atoms with Crippen molar-refractivity contribution < 1.29 is 9.53 Å². The molecule has 1 aromatic heterocycles. The molecule has 1 heterocycles. The van der Waals surface area contributed by atoms with Crippen molar-refractivity contribution >= 4 is 27.7 Å². The molecule has 2 N–H and O–H groups in total. The summed E-state index contributed by atoms with van der Waals surface area (Å²) in [5, 5.41) is 3.98. The largest absolute Gasteiger partial charge is 0.462 e.